The molecule has 7 heteroatoms. The molecule has 0 amide bonds. The van der Waals surface area contributed by atoms with Gasteiger partial charge in [-0.25, -0.2) is 4.21 Å². The molecule has 2 aromatic rings. The molecule has 96 valence electrons. The summed E-state index contributed by atoms with van der Waals surface area (Å²) in [4.78, 5) is 0.00270. The third kappa shape index (κ3) is 2.30. The summed E-state index contributed by atoms with van der Waals surface area (Å²) in [6.07, 6.45) is 0. The van der Waals surface area contributed by atoms with Gasteiger partial charge >= 0.3 is 0 Å². The van der Waals surface area contributed by atoms with Gasteiger partial charge in [0.15, 0.2) is 11.1 Å². The summed E-state index contributed by atoms with van der Waals surface area (Å²) in [5.41, 5.74) is 0.419. The highest BCUT2D eigenvalue weighted by atomic mass is 32.2. The summed E-state index contributed by atoms with van der Waals surface area (Å²) in [5, 5.41) is 0.805. The van der Waals surface area contributed by atoms with E-state index in [9.17, 15) is 17.2 Å². The van der Waals surface area contributed by atoms with Crippen LogP contribution in [-0.2, 0) is 21.2 Å². The first-order valence-electron chi connectivity index (χ1n) is 4.92. The van der Waals surface area contributed by atoms with Crippen LogP contribution in [0.15, 0.2) is 40.1 Å². The highest BCUT2D eigenvalue weighted by Gasteiger charge is 2.17. The second kappa shape index (κ2) is 4.43. The van der Waals surface area contributed by atoms with Crippen molar-refractivity contribution in [2.75, 3.05) is 0 Å². The molecule has 0 aromatic heterocycles. The minimum atomic E-state index is -4.33. The largest absolute Gasteiger partial charge is 0.302 e. The SMILES string of the molecule is Cc1ccc2cc(S(=O)O)ccc2c1S(=O)(=O)O. The Balaban J connectivity index is 2.88. The van der Waals surface area contributed by atoms with Crippen LogP contribution in [0.4, 0.5) is 0 Å². The number of aryl methyl sites for hydroxylation is 1. The van der Waals surface area contributed by atoms with Gasteiger partial charge < -0.3 is 4.55 Å². The summed E-state index contributed by atoms with van der Waals surface area (Å²) in [6, 6.07) is 7.35. The Morgan fingerprint density at radius 2 is 1.83 bits per heavy atom. The van der Waals surface area contributed by atoms with Crippen LogP contribution < -0.4 is 0 Å². The molecule has 1 unspecified atom stereocenters. The van der Waals surface area contributed by atoms with Crippen LogP contribution in [0, 0.1) is 6.92 Å². The molecule has 5 nitrogen and oxygen atoms in total. The Bertz CT molecular complexity index is 749. The fourth-order valence-electron chi connectivity index (χ4n) is 1.84. The second-order valence-electron chi connectivity index (χ2n) is 3.82. The van der Waals surface area contributed by atoms with Gasteiger partial charge in [-0.1, -0.05) is 18.2 Å². The molecule has 0 aliphatic rings. The second-order valence-corrected chi connectivity index (χ2v) is 6.15. The zero-order valence-corrected chi connectivity index (χ0v) is 11.0. The summed E-state index contributed by atoms with van der Waals surface area (Å²) >= 11 is -2.13. The van der Waals surface area contributed by atoms with E-state index in [2.05, 4.69) is 0 Å². The van der Waals surface area contributed by atoms with Crippen LogP contribution in [0.5, 0.6) is 0 Å². The molecule has 2 aromatic carbocycles. The molecule has 0 fully saturated rings. The molecule has 0 radical (unpaired) electrons. The zero-order chi connectivity index (χ0) is 13.5. The molecule has 0 saturated heterocycles. The van der Waals surface area contributed by atoms with E-state index in [0.29, 0.717) is 16.3 Å². The van der Waals surface area contributed by atoms with E-state index < -0.39 is 21.2 Å². The molecule has 0 spiro atoms. The first-order valence-corrected chi connectivity index (χ1v) is 7.47. The Hall–Kier alpha value is -1.28. The normalized spacial score (nSPS) is 13.7. The summed E-state index contributed by atoms with van der Waals surface area (Å²) in [5.74, 6) is 0. The van der Waals surface area contributed by atoms with Crippen LogP contribution >= 0.6 is 0 Å². The molecule has 0 aliphatic heterocycles. The van der Waals surface area contributed by atoms with E-state index in [4.69, 9.17) is 4.55 Å². The lowest BCUT2D eigenvalue weighted by molar-refractivity contribution is 0.483. The summed E-state index contributed by atoms with van der Waals surface area (Å²) < 4.78 is 51.8. The predicted octanol–water partition coefficient (Wildman–Crippen LogP) is 1.98. The van der Waals surface area contributed by atoms with Gasteiger partial charge in [0.25, 0.3) is 10.1 Å². The van der Waals surface area contributed by atoms with E-state index >= 15 is 0 Å². The van der Waals surface area contributed by atoms with Crippen LogP contribution in [0.25, 0.3) is 10.8 Å². The van der Waals surface area contributed by atoms with Gasteiger partial charge in [0.1, 0.15) is 4.90 Å². The van der Waals surface area contributed by atoms with Gasteiger partial charge in [-0.15, -0.1) is 0 Å². The molecular weight excluding hydrogens is 276 g/mol. The maximum Gasteiger partial charge on any atom is 0.295 e. The van der Waals surface area contributed by atoms with Crippen molar-refractivity contribution in [1.82, 2.24) is 0 Å². The Morgan fingerprint density at radius 3 is 2.39 bits per heavy atom. The lowest BCUT2D eigenvalue weighted by Gasteiger charge is -2.08. The molecule has 0 saturated carbocycles. The van der Waals surface area contributed by atoms with Gasteiger partial charge in [-0.3, -0.25) is 4.55 Å². The molecule has 0 bridgehead atoms. The summed E-state index contributed by atoms with van der Waals surface area (Å²) in [6.45, 7) is 1.57. The summed E-state index contributed by atoms with van der Waals surface area (Å²) in [7, 11) is -4.33. The Morgan fingerprint density at radius 1 is 1.17 bits per heavy atom. The van der Waals surface area contributed by atoms with Crippen LogP contribution in [-0.4, -0.2) is 21.7 Å². The van der Waals surface area contributed by atoms with Crippen LogP contribution in [0.1, 0.15) is 5.56 Å². The molecule has 2 N–H and O–H groups in total. The van der Waals surface area contributed by atoms with Crippen molar-refractivity contribution in [3.8, 4) is 0 Å². The van der Waals surface area contributed by atoms with E-state index in [1.807, 2.05) is 0 Å². The van der Waals surface area contributed by atoms with Crippen molar-refractivity contribution in [2.45, 2.75) is 16.7 Å². The molecular formula is C11H10O5S2. The molecule has 18 heavy (non-hydrogen) atoms. The van der Waals surface area contributed by atoms with E-state index in [-0.39, 0.29) is 9.79 Å². The van der Waals surface area contributed by atoms with Crippen molar-refractivity contribution in [3.05, 3.63) is 35.9 Å². The lowest BCUT2D eigenvalue weighted by atomic mass is 10.1. The Kier molecular flexibility index (Phi) is 3.24. The smallest absolute Gasteiger partial charge is 0.295 e. The zero-order valence-electron chi connectivity index (χ0n) is 9.32. The maximum atomic E-state index is 11.3. The van der Waals surface area contributed by atoms with E-state index in [1.54, 1.807) is 13.0 Å². The fraction of sp³-hybridized carbons (Fsp3) is 0.0909. The molecule has 0 heterocycles. The third-order valence-corrected chi connectivity index (χ3v) is 4.31. The molecule has 1 atom stereocenters. The quantitative estimate of drug-likeness (QED) is 0.650. The highest BCUT2D eigenvalue weighted by molar-refractivity contribution is 7.86. The fourth-order valence-corrected chi connectivity index (χ4v) is 3.19. The number of rotatable bonds is 2. The monoisotopic (exact) mass is 286 g/mol. The van der Waals surface area contributed by atoms with Crippen molar-refractivity contribution in [2.24, 2.45) is 0 Å². The van der Waals surface area contributed by atoms with Crippen LogP contribution in [0.2, 0.25) is 0 Å². The lowest BCUT2D eigenvalue weighted by Crippen LogP contribution is -2.02. The van der Waals surface area contributed by atoms with Gasteiger partial charge in [0, 0.05) is 5.39 Å². The van der Waals surface area contributed by atoms with Crippen molar-refractivity contribution >= 4 is 32.0 Å². The number of hydrogen-bond acceptors (Lipinski definition) is 3. The average Bonchev–Trinajstić information content (AvgIpc) is 2.26. The Labute approximate surface area is 106 Å². The van der Waals surface area contributed by atoms with E-state index in [1.165, 1.54) is 24.3 Å². The van der Waals surface area contributed by atoms with Gasteiger partial charge in [0.05, 0.1) is 4.90 Å². The van der Waals surface area contributed by atoms with Crippen molar-refractivity contribution < 1.29 is 21.7 Å². The predicted molar refractivity (Wildman–Crippen MR) is 67.5 cm³/mol. The van der Waals surface area contributed by atoms with Crippen molar-refractivity contribution in [1.29, 1.82) is 0 Å². The minimum Gasteiger partial charge on any atom is -0.302 e. The highest BCUT2D eigenvalue weighted by Crippen LogP contribution is 2.27. The number of fused-ring (bicyclic) bond motifs is 1. The van der Waals surface area contributed by atoms with Crippen molar-refractivity contribution in [3.63, 3.8) is 0 Å². The van der Waals surface area contributed by atoms with Gasteiger partial charge in [-0.2, -0.15) is 8.42 Å². The topological polar surface area (TPSA) is 91.7 Å². The number of hydrogen-bond donors (Lipinski definition) is 2. The standard InChI is InChI=1S/C11H10O5S2/c1-7-2-3-8-6-9(17(12)13)4-5-10(8)11(7)18(14,15)16/h2-6H,1H3,(H,12,13)(H,14,15,16). The number of benzene rings is 2. The van der Waals surface area contributed by atoms with Gasteiger partial charge in [0.2, 0.25) is 0 Å². The van der Waals surface area contributed by atoms with E-state index in [0.717, 1.165) is 0 Å². The molecule has 2 rings (SSSR count). The van der Waals surface area contributed by atoms with Gasteiger partial charge in [-0.05, 0) is 30.0 Å². The molecule has 0 aliphatic carbocycles. The minimum absolute atomic E-state index is 0.171. The maximum absolute atomic E-state index is 11.3. The average molecular weight is 286 g/mol. The first-order chi connectivity index (χ1) is 8.30. The first kappa shape index (κ1) is 13.2. The van der Waals surface area contributed by atoms with Crippen LogP contribution in [0.3, 0.4) is 0 Å². The third-order valence-electron chi connectivity index (χ3n) is 2.60.